The second kappa shape index (κ2) is 5.74. The van der Waals surface area contributed by atoms with Crippen molar-refractivity contribution in [2.24, 2.45) is 0 Å². The van der Waals surface area contributed by atoms with Crippen LogP contribution in [-0.2, 0) is 0 Å². The van der Waals surface area contributed by atoms with E-state index in [1.807, 2.05) is 11.8 Å². The fraction of sp³-hybridized carbons (Fsp3) is 0.500. The molecule has 0 bridgehead atoms. The molecule has 0 atom stereocenters. The SMILES string of the molecule is COc1ccc(C(=O)O)c(NCC2(SC)CCC2)c1. The first-order valence-corrected chi connectivity index (χ1v) is 7.53. The molecule has 1 fully saturated rings. The van der Waals surface area contributed by atoms with E-state index in [0.29, 0.717) is 11.4 Å². The maximum atomic E-state index is 11.2. The molecule has 104 valence electrons. The van der Waals surface area contributed by atoms with Crippen LogP contribution in [0, 0.1) is 0 Å². The largest absolute Gasteiger partial charge is 0.497 e. The third-order valence-corrected chi connectivity index (χ3v) is 5.17. The number of nitrogens with one attached hydrogen (secondary N) is 1. The highest BCUT2D eigenvalue weighted by atomic mass is 32.2. The standard InChI is InChI=1S/C14H19NO3S/c1-18-10-4-5-11(13(16)17)12(8-10)15-9-14(19-2)6-3-7-14/h4-5,8,15H,3,6-7,9H2,1-2H3,(H,16,17). The van der Waals surface area contributed by atoms with E-state index in [1.54, 1.807) is 25.3 Å². The van der Waals surface area contributed by atoms with Gasteiger partial charge in [-0.25, -0.2) is 4.79 Å². The lowest BCUT2D eigenvalue weighted by molar-refractivity contribution is 0.0698. The van der Waals surface area contributed by atoms with Crippen LogP contribution in [0.3, 0.4) is 0 Å². The topological polar surface area (TPSA) is 58.6 Å². The average Bonchev–Trinajstić information content (AvgIpc) is 2.37. The van der Waals surface area contributed by atoms with Crippen LogP contribution in [0.1, 0.15) is 29.6 Å². The summed E-state index contributed by atoms with van der Waals surface area (Å²) in [5.41, 5.74) is 0.920. The van der Waals surface area contributed by atoms with Gasteiger partial charge in [0.15, 0.2) is 0 Å². The highest BCUT2D eigenvalue weighted by Crippen LogP contribution is 2.43. The molecule has 1 aliphatic rings. The highest BCUT2D eigenvalue weighted by molar-refractivity contribution is 8.00. The molecule has 0 radical (unpaired) electrons. The number of hydrogen-bond donors (Lipinski definition) is 2. The molecule has 2 rings (SSSR count). The van der Waals surface area contributed by atoms with E-state index in [4.69, 9.17) is 4.74 Å². The first kappa shape index (κ1) is 14.1. The minimum atomic E-state index is -0.919. The second-order valence-corrected chi connectivity index (χ2v) is 6.09. The Balaban J connectivity index is 2.15. The van der Waals surface area contributed by atoms with Gasteiger partial charge in [-0.15, -0.1) is 0 Å². The zero-order chi connectivity index (χ0) is 13.9. The van der Waals surface area contributed by atoms with Crippen LogP contribution in [0.2, 0.25) is 0 Å². The normalized spacial score (nSPS) is 16.5. The zero-order valence-corrected chi connectivity index (χ0v) is 12.0. The van der Waals surface area contributed by atoms with Crippen molar-refractivity contribution < 1.29 is 14.6 Å². The number of thioether (sulfide) groups is 1. The Morgan fingerprint density at radius 1 is 1.53 bits per heavy atom. The Bertz CT molecular complexity index is 466. The van der Waals surface area contributed by atoms with Crippen LogP contribution < -0.4 is 10.1 Å². The molecule has 1 aromatic rings. The Morgan fingerprint density at radius 3 is 2.74 bits per heavy atom. The summed E-state index contributed by atoms with van der Waals surface area (Å²) < 4.78 is 5.41. The molecular formula is C14H19NO3S. The van der Waals surface area contributed by atoms with Gasteiger partial charge in [-0.05, 0) is 31.2 Å². The predicted octanol–water partition coefficient (Wildman–Crippen LogP) is 3.09. The van der Waals surface area contributed by atoms with E-state index in [-0.39, 0.29) is 10.3 Å². The molecular weight excluding hydrogens is 262 g/mol. The summed E-state index contributed by atoms with van der Waals surface area (Å²) >= 11 is 1.86. The average molecular weight is 281 g/mol. The fourth-order valence-corrected chi connectivity index (χ4v) is 3.18. The summed E-state index contributed by atoms with van der Waals surface area (Å²) in [6.07, 6.45) is 5.75. The molecule has 5 heteroatoms. The Labute approximate surface area is 117 Å². The van der Waals surface area contributed by atoms with Crippen LogP contribution in [0.15, 0.2) is 18.2 Å². The molecule has 0 aromatic heterocycles. The molecule has 0 saturated heterocycles. The molecule has 19 heavy (non-hydrogen) atoms. The number of anilines is 1. The summed E-state index contributed by atoms with van der Waals surface area (Å²) in [6.45, 7) is 0.793. The molecule has 0 heterocycles. The zero-order valence-electron chi connectivity index (χ0n) is 11.2. The van der Waals surface area contributed by atoms with Crippen LogP contribution >= 0.6 is 11.8 Å². The van der Waals surface area contributed by atoms with Gasteiger partial charge in [0.05, 0.1) is 18.4 Å². The lowest BCUT2D eigenvalue weighted by Crippen LogP contribution is -2.40. The molecule has 1 aliphatic carbocycles. The van der Waals surface area contributed by atoms with E-state index < -0.39 is 5.97 Å². The number of hydrogen-bond acceptors (Lipinski definition) is 4. The molecule has 0 unspecified atom stereocenters. The summed E-state index contributed by atoms with van der Waals surface area (Å²) in [5, 5.41) is 12.5. The first-order chi connectivity index (χ1) is 9.10. The Morgan fingerprint density at radius 2 is 2.26 bits per heavy atom. The number of benzene rings is 1. The summed E-state index contributed by atoms with van der Waals surface area (Å²) in [6, 6.07) is 4.99. The molecule has 1 saturated carbocycles. The van der Waals surface area contributed by atoms with Gasteiger partial charge < -0.3 is 15.2 Å². The summed E-state index contributed by atoms with van der Waals surface area (Å²) in [4.78, 5) is 11.2. The fourth-order valence-electron chi connectivity index (χ4n) is 2.26. The Hall–Kier alpha value is -1.36. The van der Waals surface area contributed by atoms with Crippen LogP contribution in [0.4, 0.5) is 5.69 Å². The Kier molecular flexibility index (Phi) is 4.24. The van der Waals surface area contributed by atoms with Gasteiger partial charge in [-0.2, -0.15) is 11.8 Å². The van der Waals surface area contributed by atoms with E-state index in [9.17, 15) is 9.90 Å². The van der Waals surface area contributed by atoms with Crippen LogP contribution in [0.25, 0.3) is 0 Å². The smallest absolute Gasteiger partial charge is 0.337 e. The van der Waals surface area contributed by atoms with Gasteiger partial charge in [-0.1, -0.05) is 6.42 Å². The summed E-state index contributed by atoms with van der Waals surface area (Å²) in [7, 11) is 1.58. The highest BCUT2D eigenvalue weighted by Gasteiger charge is 2.36. The minimum absolute atomic E-state index is 0.263. The maximum Gasteiger partial charge on any atom is 0.337 e. The summed E-state index contributed by atoms with van der Waals surface area (Å²) in [5.74, 6) is -0.253. The van der Waals surface area contributed by atoms with Crippen LogP contribution in [-0.4, -0.2) is 35.7 Å². The van der Waals surface area contributed by atoms with Crippen molar-refractivity contribution in [2.75, 3.05) is 25.2 Å². The third kappa shape index (κ3) is 2.97. The van der Waals surface area contributed by atoms with Gasteiger partial charge in [0.1, 0.15) is 5.75 Å². The van der Waals surface area contributed by atoms with Crippen molar-refractivity contribution in [1.82, 2.24) is 0 Å². The quantitative estimate of drug-likeness (QED) is 0.839. The lowest BCUT2D eigenvalue weighted by Gasteiger charge is -2.40. The minimum Gasteiger partial charge on any atom is -0.497 e. The van der Waals surface area contributed by atoms with E-state index in [2.05, 4.69) is 11.6 Å². The van der Waals surface area contributed by atoms with Gasteiger partial charge in [-0.3, -0.25) is 0 Å². The van der Waals surface area contributed by atoms with Crippen molar-refractivity contribution >= 4 is 23.4 Å². The molecule has 2 N–H and O–H groups in total. The number of methoxy groups -OCH3 is 1. The maximum absolute atomic E-state index is 11.2. The number of carboxylic acids is 1. The third-order valence-electron chi connectivity index (χ3n) is 3.76. The number of carboxylic acid groups (broad SMARTS) is 1. The van der Waals surface area contributed by atoms with Gasteiger partial charge in [0.2, 0.25) is 0 Å². The van der Waals surface area contributed by atoms with Crippen molar-refractivity contribution in [2.45, 2.75) is 24.0 Å². The molecule has 0 amide bonds. The number of carbonyl (C=O) groups is 1. The second-order valence-electron chi connectivity index (χ2n) is 4.81. The first-order valence-electron chi connectivity index (χ1n) is 6.30. The number of aromatic carboxylic acids is 1. The number of rotatable bonds is 6. The molecule has 1 aromatic carbocycles. The van der Waals surface area contributed by atoms with Gasteiger partial charge in [0, 0.05) is 17.4 Å². The van der Waals surface area contributed by atoms with Crippen molar-refractivity contribution in [1.29, 1.82) is 0 Å². The van der Waals surface area contributed by atoms with Gasteiger partial charge in [0.25, 0.3) is 0 Å². The van der Waals surface area contributed by atoms with E-state index in [1.165, 1.54) is 19.3 Å². The van der Waals surface area contributed by atoms with E-state index >= 15 is 0 Å². The number of ether oxygens (including phenoxy) is 1. The van der Waals surface area contributed by atoms with Gasteiger partial charge >= 0.3 is 5.97 Å². The molecule has 0 aliphatic heterocycles. The van der Waals surface area contributed by atoms with Crippen molar-refractivity contribution in [3.05, 3.63) is 23.8 Å². The van der Waals surface area contributed by atoms with E-state index in [0.717, 1.165) is 6.54 Å². The van der Waals surface area contributed by atoms with Crippen molar-refractivity contribution in [3.8, 4) is 5.75 Å². The molecule has 0 spiro atoms. The lowest BCUT2D eigenvalue weighted by atomic mass is 9.84. The monoisotopic (exact) mass is 281 g/mol. The predicted molar refractivity (Wildman–Crippen MR) is 78.5 cm³/mol. The molecule has 4 nitrogen and oxygen atoms in total. The van der Waals surface area contributed by atoms with Crippen LogP contribution in [0.5, 0.6) is 5.75 Å². The van der Waals surface area contributed by atoms with Crippen molar-refractivity contribution in [3.63, 3.8) is 0 Å².